The first-order valence-electron chi connectivity index (χ1n) is 5.34. The molecule has 3 unspecified atom stereocenters. The van der Waals surface area contributed by atoms with Crippen LogP contribution in [0.2, 0.25) is 0 Å². The number of nitro groups is 1. The summed E-state index contributed by atoms with van der Waals surface area (Å²) in [5, 5.41) is 30.0. The van der Waals surface area contributed by atoms with E-state index in [1.165, 1.54) is 18.3 Å². The van der Waals surface area contributed by atoms with Gasteiger partial charge in [0.15, 0.2) is 0 Å². The molecule has 0 bridgehead atoms. The van der Waals surface area contributed by atoms with Gasteiger partial charge in [0.05, 0.1) is 10.5 Å². The number of aliphatic hydroxyl groups excluding tert-OH is 2. The molecule has 0 aromatic carbocycles. The molecule has 3 atom stereocenters. The predicted molar refractivity (Wildman–Crippen MR) is 61.4 cm³/mol. The van der Waals surface area contributed by atoms with E-state index in [1.54, 1.807) is 6.92 Å². The Morgan fingerprint density at radius 1 is 1.50 bits per heavy atom. The third-order valence-electron chi connectivity index (χ3n) is 2.73. The van der Waals surface area contributed by atoms with Gasteiger partial charge in [-0.2, -0.15) is 0 Å². The van der Waals surface area contributed by atoms with Crippen molar-refractivity contribution in [3.63, 3.8) is 0 Å². The van der Waals surface area contributed by atoms with Gasteiger partial charge in [0, 0.05) is 6.20 Å². The monoisotopic (exact) mass is 252 g/mol. The van der Waals surface area contributed by atoms with Gasteiger partial charge in [0.1, 0.15) is 30.3 Å². The van der Waals surface area contributed by atoms with Crippen LogP contribution in [-0.2, 0) is 4.74 Å². The summed E-state index contributed by atoms with van der Waals surface area (Å²) in [5.74, 6) is 0.175. The van der Waals surface area contributed by atoms with E-state index in [1.807, 2.05) is 0 Å². The van der Waals surface area contributed by atoms with Crippen LogP contribution in [0.5, 0.6) is 0 Å². The highest BCUT2D eigenvalue weighted by atomic mass is 16.6. The van der Waals surface area contributed by atoms with Gasteiger partial charge in [-0.15, -0.1) is 0 Å². The zero-order valence-electron chi connectivity index (χ0n) is 9.56. The molecule has 2 N–H and O–H groups in total. The van der Waals surface area contributed by atoms with E-state index in [0.717, 1.165) is 6.20 Å². The molecule has 7 nitrogen and oxygen atoms in total. The lowest BCUT2D eigenvalue weighted by Gasteiger charge is -2.29. The molecule has 96 valence electrons. The molecule has 0 aliphatic carbocycles. The Morgan fingerprint density at radius 3 is 2.83 bits per heavy atom. The molecule has 1 aromatic heterocycles. The van der Waals surface area contributed by atoms with Crippen LogP contribution in [0.3, 0.4) is 0 Å². The van der Waals surface area contributed by atoms with Crippen LogP contribution in [0, 0.1) is 10.1 Å². The number of hydrogen-bond acceptors (Lipinski definition) is 6. The normalized spacial score (nSPS) is 27.3. The molecule has 0 amide bonds. The van der Waals surface area contributed by atoms with Gasteiger partial charge in [-0.1, -0.05) is 0 Å². The molecule has 2 heterocycles. The van der Waals surface area contributed by atoms with Crippen LogP contribution in [0.4, 0.5) is 5.69 Å². The minimum absolute atomic E-state index is 0.175. The number of aliphatic hydroxyl groups is 2. The van der Waals surface area contributed by atoms with Crippen LogP contribution in [0.1, 0.15) is 12.5 Å². The number of nitrogens with zero attached hydrogens (tertiary/aromatic N) is 2. The molecule has 2 rings (SSSR count). The van der Waals surface area contributed by atoms with E-state index in [4.69, 9.17) is 4.74 Å². The first-order chi connectivity index (χ1) is 8.50. The lowest BCUT2D eigenvalue weighted by Crippen LogP contribution is -2.39. The highest BCUT2D eigenvalue weighted by molar-refractivity contribution is 5.68. The first-order valence-corrected chi connectivity index (χ1v) is 5.34. The lowest BCUT2D eigenvalue weighted by molar-refractivity contribution is -0.385. The molecular formula is C11H12N2O5. The summed E-state index contributed by atoms with van der Waals surface area (Å²) in [6.07, 6.45) is 0.961. The van der Waals surface area contributed by atoms with E-state index < -0.39 is 23.2 Å². The fourth-order valence-electron chi connectivity index (χ4n) is 1.73. The molecule has 0 fully saturated rings. The summed E-state index contributed by atoms with van der Waals surface area (Å²) < 4.78 is 5.36. The van der Waals surface area contributed by atoms with E-state index in [2.05, 4.69) is 4.98 Å². The third kappa shape index (κ3) is 2.18. The molecule has 0 saturated heterocycles. The highest BCUT2D eigenvalue weighted by Crippen LogP contribution is 2.30. The summed E-state index contributed by atoms with van der Waals surface area (Å²) in [5.41, 5.74) is 0.0207. The highest BCUT2D eigenvalue weighted by Gasteiger charge is 2.31. The second kappa shape index (κ2) is 4.71. The maximum absolute atomic E-state index is 10.9. The quantitative estimate of drug-likeness (QED) is 0.585. The molecule has 1 aliphatic rings. The van der Waals surface area contributed by atoms with E-state index in [-0.39, 0.29) is 17.0 Å². The zero-order valence-corrected chi connectivity index (χ0v) is 9.56. The summed E-state index contributed by atoms with van der Waals surface area (Å²) >= 11 is 0. The fourth-order valence-corrected chi connectivity index (χ4v) is 1.73. The van der Waals surface area contributed by atoms with Crippen molar-refractivity contribution in [2.24, 2.45) is 0 Å². The Kier molecular flexibility index (Phi) is 3.26. The minimum Gasteiger partial charge on any atom is -0.487 e. The van der Waals surface area contributed by atoms with Crippen LogP contribution in [0.15, 0.2) is 24.5 Å². The lowest BCUT2D eigenvalue weighted by atomic mass is 10.0. The van der Waals surface area contributed by atoms with Gasteiger partial charge < -0.3 is 14.9 Å². The number of rotatable bonds is 2. The Labute approximate surface area is 103 Å². The van der Waals surface area contributed by atoms with E-state index >= 15 is 0 Å². The van der Waals surface area contributed by atoms with Gasteiger partial charge >= 0.3 is 0 Å². The largest absolute Gasteiger partial charge is 0.487 e. The number of aromatic nitrogens is 1. The Bertz CT molecular complexity index is 502. The maximum atomic E-state index is 10.9. The van der Waals surface area contributed by atoms with Gasteiger partial charge in [-0.3, -0.25) is 15.1 Å². The van der Waals surface area contributed by atoms with Crippen molar-refractivity contribution in [2.75, 3.05) is 0 Å². The molecule has 7 heteroatoms. The van der Waals surface area contributed by atoms with Gasteiger partial charge in [-0.25, -0.2) is 0 Å². The van der Waals surface area contributed by atoms with Crippen molar-refractivity contribution in [3.05, 3.63) is 40.2 Å². The molecule has 0 saturated carbocycles. The van der Waals surface area contributed by atoms with Crippen molar-refractivity contribution in [1.29, 1.82) is 0 Å². The van der Waals surface area contributed by atoms with Crippen molar-refractivity contribution in [3.8, 4) is 0 Å². The Balaban J connectivity index is 2.44. The van der Waals surface area contributed by atoms with Gasteiger partial charge in [0.2, 0.25) is 0 Å². The van der Waals surface area contributed by atoms with Crippen molar-refractivity contribution < 1.29 is 19.9 Å². The van der Waals surface area contributed by atoms with Crippen molar-refractivity contribution >= 4 is 11.4 Å². The number of hydrogen-bond donors (Lipinski definition) is 2. The second-order valence-corrected chi connectivity index (χ2v) is 3.99. The van der Waals surface area contributed by atoms with Crippen molar-refractivity contribution in [2.45, 2.75) is 25.2 Å². The molecule has 0 radical (unpaired) electrons. The molecule has 1 aliphatic heterocycles. The van der Waals surface area contributed by atoms with Crippen LogP contribution in [-0.4, -0.2) is 38.4 Å². The summed E-state index contributed by atoms with van der Waals surface area (Å²) in [6, 6.07) is 1.43. The molecule has 18 heavy (non-hydrogen) atoms. The molecular weight excluding hydrogens is 240 g/mol. The molecule has 1 aromatic rings. The fraction of sp³-hybridized carbons (Fsp3) is 0.364. The Hall–Kier alpha value is -1.99. The van der Waals surface area contributed by atoms with Gasteiger partial charge in [-0.05, 0) is 19.1 Å². The SMILES string of the molecule is CC1OC(c2ccncc2[N+](=O)[O-])=CC(O)C1O. The summed E-state index contributed by atoms with van der Waals surface area (Å²) in [7, 11) is 0. The van der Waals surface area contributed by atoms with Crippen molar-refractivity contribution in [1.82, 2.24) is 4.98 Å². The smallest absolute Gasteiger partial charge is 0.298 e. The summed E-state index contributed by atoms with van der Waals surface area (Å²) in [4.78, 5) is 14.0. The number of pyridine rings is 1. The Morgan fingerprint density at radius 2 is 2.22 bits per heavy atom. The zero-order chi connectivity index (χ0) is 13.3. The van der Waals surface area contributed by atoms with E-state index in [0.29, 0.717) is 0 Å². The average molecular weight is 252 g/mol. The van der Waals surface area contributed by atoms with Crippen LogP contribution < -0.4 is 0 Å². The minimum atomic E-state index is -1.11. The van der Waals surface area contributed by atoms with E-state index in [9.17, 15) is 20.3 Å². The first kappa shape index (κ1) is 12.5. The average Bonchev–Trinajstić information content (AvgIpc) is 2.35. The van der Waals surface area contributed by atoms with Gasteiger partial charge in [0.25, 0.3) is 5.69 Å². The standard InChI is InChI=1S/C11H12N2O5/c1-6-11(15)9(14)4-10(18-6)7-2-3-12-5-8(7)13(16)17/h2-6,9,11,14-15H,1H3. The molecule has 0 spiro atoms. The topological polar surface area (TPSA) is 106 Å². The predicted octanol–water partition coefficient (Wildman–Crippen LogP) is 0.471. The maximum Gasteiger partial charge on any atom is 0.298 e. The summed E-state index contributed by atoms with van der Waals surface area (Å²) in [6.45, 7) is 1.58. The van der Waals surface area contributed by atoms with Crippen LogP contribution >= 0.6 is 0 Å². The second-order valence-electron chi connectivity index (χ2n) is 3.99. The number of ether oxygens (including phenoxy) is 1. The third-order valence-corrected chi connectivity index (χ3v) is 2.73. The van der Waals surface area contributed by atoms with Crippen LogP contribution in [0.25, 0.3) is 5.76 Å².